The smallest absolute Gasteiger partial charge is 0.255 e. The highest BCUT2D eigenvalue weighted by Gasteiger charge is 2.25. The monoisotopic (exact) mass is 461 g/mol. The SMILES string of the molecule is Cc1cc(=O)n(CC(=O)N2CCN(c3ccc(F)cc3)CC2)c(N2CCc3ccccc3C2)n1. The summed E-state index contributed by atoms with van der Waals surface area (Å²) in [5.41, 5.74) is 3.92. The van der Waals surface area contributed by atoms with Crippen LogP contribution in [0, 0.1) is 12.7 Å². The van der Waals surface area contributed by atoms with E-state index in [4.69, 9.17) is 0 Å². The van der Waals surface area contributed by atoms with Gasteiger partial charge in [0.2, 0.25) is 11.9 Å². The van der Waals surface area contributed by atoms with Gasteiger partial charge < -0.3 is 14.7 Å². The first kappa shape index (κ1) is 22.1. The summed E-state index contributed by atoms with van der Waals surface area (Å²) in [4.78, 5) is 36.8. The first-order valence-corrected chi connectivity index (χ1v) is 11.7. The quantitative estimate of drug-likeness (QED) is 0.598. The summed E-state index contributed by atoms with van der Waals surface area (Å²) in [7, 11) is 0. The van der Waals surface area contributed by atoms with Crippen molar-refractivity contribution < 1.29 is 9.18 Å². The molecule has 0 unspecified atom stereocenters. The van der Waals surface area contributed by atoms with Crippen LogP contribution >= 0.6 is 0 Å². The minimum absolute atomic E-state index is 0.0316. The zero-order valence-electron chi connectivity index (χ0n) is 19.3. The number of benzene rings is 2. The largest absolute Gasteiger partial charge is 0.368 e. The molecule has 1 aromatic heterocycles. The fraction of sp³-hybridized carbons (Fsp3) is 0.346. The molecule has 3 aromatic rings. The lowest BCUT2D eigenvalue weighted by Crippen LogP contribution is -2.50. The van der Waals surface area contributed by atoms with Gasteiger partial charge in [0.15, 0.2) is 0 Å². The summed E-state index contributed by atoms with van der Waals surface area (Å²) in [6.45, 7) is 5.61. The lowest BCUT2D eigenvalue weighted by atomic mass is 10.0. The van der Waals surface area contributed by atoms with Gasteiger partial charge in [0.05, 0.1) is 0 Å². The zero-order valence-corrected chi connectivity index (χ0v) is 19.3. The van der Waals surface area contributed by atoms with Crippen molar-refractivity contribution in [2.24, 2.45) is 0 Å². The molecule has 0 bridgehead atoms. The number of fused-ring (bicyclic) bond motifs is 1. The topological polar surface area (TPSA) is 61.7 Å². The van der Waals surface area contributed by atoms with Crippen LogP contribution in [0.2, 0.25) is 0 Å². The van der Waals surface area contributed by atoms with E-state index in [1.165, 1.54) is 33.9 Å². The van der Waals surface area contributed by atoms with Gasteiger partial charge >= 0.3 is 0 Å². The number of amides is 1. The standard InChI is InChI=1S/C26H28FN5O2/c1-19-16-24(33)32(26(28-19)31-11-10-20-4-2-3-5-21(20)17-31)18-25(34)30-14-12-29(13-15-30)23-8-6-22(27)7-9-23/h2-9,16H,10-15,17-18H2,1H3. The van der Waals surface area contributed by atoms with Crippen molar-refractivity contribution in [1.29, 1.82) is 0 Å². The van der Waals surface area contributed by atoms with Gasteiger partial charge in [0.1, 0.15) is 12.4 Å². The molecule has 3 heterocycles. The molecule has 0 radical (unpaired) electrons. The van der Waals surface area contributed by atoms with Gasteiger partial charge in [0.25, 0.3) is 5.56 Å². The minimum atomic E-state index is -0.261. The highest BCUT2D eigenvalue weighted by atomic mass is 19.1. The Kier molecular flexibility index (Phi) is 6.04. The Morgan fingerprint density at radius 3 is 2.38 bits per heavy atom. The van der Waals surface area contributed by atoms with Crippen LogP contribution in [-0.2, 0) is 24.3 Å². The van der Waals surface area contributed by atoms with Gasteiger partial charge in [-0.25, -0.2) is 9.37 Å². The second-order valence-corrected chi connectivity index (χ2v) is 8.91. The molecule has 1 fully saturated rings. The molecule has 1 amide bonds. The van der Waals surface area contributed by atoms with E-state index in [1.807, 2.05) is 19.1 Å². The average Bonchev–Trinajstić information content (AvgIpc) is 2.85. The Morgan fingerprint density at radius 1 is 0.941 bits per heavy atom. The molecule has 176 valence electrons. The summed E-state index contributed by atoms with van der Waals surface area (Å²) in [6, 6.07) is 16.2. The molecule has 0 N–H and O–H groups in total. The van der Waals surface area contributed by atoms with E-state index in [0.717, 1.165) is 18.7 Å². The highest BCUT2D eigenvalue weighted by Crippen LogP contribution is 2.23. The van der Waals surface area contributed by atoms with E-state index in [9.17, 15) is 14.0 Å². The number of hydrogen-bond donors (Lipinski definition) is 0. The van der Waals surface area contributed by atoms with Crippen LogP contribution in [0.25, 0.3) is 0 Å². The average molecular weight is 462 g/mol. The second kappa shape index (κ2) is 9.29. The molecule has 0 saturated carbocycles. The van der Waals surface area contributed by atoms with Crippen LogP contribution in [0.3, 0.4) is 0 Å². The second-order valence-electron chi connectivity index (χ2n) is 8.91. The van der Waals surface area contributed by atoms with Crippen molar-refractivity contribution in [1.82, 2.24) is 14.5 Å². The maximum atomic E-state index is 13.2. The number of carbonyl (C=O) groups is 1. The van der Waals surface area contributed by atoms with Crippen molar-refractivity contribution in [3.8, 4) is 0 Å². The molecule has 0 spiro atoms. The van der Waals surface area contributed by atoms with E-state index in [1.54, 1.807) is 17.0 Å². The van der Waals surface area contributed by atoms with Crippen LogP contribution in [0.1, 0.15) is 16.8 Å². The van der Waals surface area contributed by atoms with Crippen LogP contribution in [0.4, 0.5) is 16.0 Å². The molecule has 1 saturated heterocycles. The first-order chi connectivity index (χ1) is 16.5. The molecule has 2 aliphatic rings. The van der Waals surface area contributed by atoms with Gasteiger partial charge in [-0.05, 0) is 48.7 Å². The predicted octanol–water partition coefficient (Wildman–Crippen LogP) is 2.60. The number of aryl methyl sites for hydroxylation is 1. The number of rotatable bonds is 4. The molecule has 8 heteroatoms. The lowest BCUT2D eigenvalue weighted by molar-refractivity contribution is -0.132. The van der Waals surface area contributed by atoms with Crippen molar-refractivity contribution in [2.45, 2.75) is 26.4 Å². The molecule has 7 nitrogen and oxygen atoms in total. The minimum Gasteiger partial charge on any atom is -0.368 e. The normalized spacial score (nSPS) is 15.9. The summed E-state index contributed by atoms with van der Waals surface area (Å²) in [5, 5.41) is 0. The number of hydrogen-bond acceptors (Lipinski definition) is 5. The summed E-state index contributed by atoms with van der Waals surface area (Å²) in [6.07, 6.45) is 0.874. The Balaban J connectivity index is 1.30. The number of anilines is 2. The van der Waals surface area contributed by atoms with E-state index in [0.29, 0.717) is 44.4 Å². The Hall–Kier alpha value is -3.68. The van der Waals surface area contributed by atoms with Crippen molar-refractivity contribution in [3.05, 3.63) is 87.6 Å². The third kappa shape index (κ3) is 4.53. The maximum Gasteiger partial charge on any atom is 0.255 e. The number of halogens is 1. The van der Waals surface area contributed by atoms with Gasteiger partial charge in [-0.2, -0.15) is 0 Å². The van der Waals surface area contributed by atoms with Crippen molar-refractivity contribution in [2.75, 3.05) is 42.5 Å². The number of aromatic nitrogens is 2. The van der Waals surface area contributed by atoms with Gasteiger partial charge in [0, 0.05) is 56.7 Å². The fourth-order valence-corrected chi connectivity index (χ4v) is 4.76. The first-order valence-electron chi connectivity index (χ1n) is 11.7. The molecular weight excluding hydrogens is 433 g/mol. The lowest BCUT2D eigenvalue weighted by Gasteiger charge is -2.36. The van der Waals surface area contributed by atoms with E-state index < -0.39 is 0 Å². The van der Waals surface area contributed by atoms with Gasteiger partial charge in [-0.3, -0.25) is 14.2 Å². The number of piperazine rings is 1. The maximum absolute atomic E-state index is 13.2. The van der Waals surface area contributed by atoms with Crippen molar-refractivity contribution in [3.63, 3.8) is 0 Å². The Morgan fingerprint density at radius 2 is 1.65 bits per heavy atom. The molecule has 0 atom stereocenters. The molecular formula is C26H28FN5O2. The van der Waals surface area contributed by atoms with Crippen LogP contribution in [0.15, 0.2) is 59.4 Å². The van der Waals surface area contributed by atoms with Crippen LogP contribution in [0.5, 0.6) is 0 Å². The summed E-state index contributed by atoms with van der Waals surface area (Å²) in [5.74, 6) is 0.200. The van der Waals surface area contributed by atoms with Gasteiger partial charge in [-0.15, -0.1) is 0 Å². The highest BCUT2D eigenvalue weighted by molar-refractivity contribution is 5.77. The molecule has 2 aliphatic heterocycles. The van der Waals surface area contributed by atoms with E-state index >= 15 is 0 Å². The van der Waals surface area contributed by atoms with Crippen LogP contribution < -0.4 is 15.4 Å². The van der Waals surface area contributed by atoms with E-state index in [-0.39, 0.29) is 23.8 Å². The number of carbonyl (C=O) groups excluding carboxylic acids is 1. The third-order valence-electron chi connectivity index (χ3n) is 6.65. The Labute approximate surface area is 198 Å². The fourth-order valence-electron chi connectivity index (χ4n) is 4.76. The predicted molar refractivity (Wildman–Crippen MR) is 130 cm³/mol. The molecule has 5 rings (SSSR count). The zero-order chi connectivity index (χ0) is 23.7. The molecule has 34 heavy (non-hydrogen) atoms. The van der Waals surface area contributed by atoms with Crippen LogP contribution in [-0.4, -0.2) is 53.1 Å². The summed E-state index contributed by atoms with van der Waals surface area (Å²) < 4.78 is 14.7. The Bertz CT molecular complexity index is 1250. The molecule has 0 aliphatic carbocycles. The van der Waals surface area contributed by atoms with E-state index in [2.05, 4.69) is 26.9 Å². The summed E-state index contributed by atoms with van der Waals surface area (Å²) >= 11 is 0. The third-order valence-corrected chi connectivity index (χ3v) is 6.65. The van der Waals surface area contributed by atoms with Crippen molar-refractivity contribution >= 4 is 17.5 Å². The van der Waals surface area contributed by atoms with Gasteiger partial charge in [-0.1, -0.05) is 24.3 Å². The number of nitrogens with zero attached hydrogens (tertiary/aromatic N) is 5. The molecule has 2 aromatic carbocycles.